The predicted molar refractivity (Wildman–Crippen MR) is 174 cm³/mol. The molecular weight excluding hydrogens is 592 g/mol. The number of aromatic nitrogens is 3. The molecule has 45 heavy (non-hydrogen) atoms. The third-order valence-electron chi connectivity index (χ3n) is 8.19. The number of carbonyl (C=O) groups is 2. The lowest BCUT2D eigenvalue weighted by molar-refractivity contribution is -0.126. The van der Waals surface area contributed by atoms with Crippen LogP contribution in [0, 0.1) is 11.6 Å². The van der Waals surface area contributed by atoms with Crippen molar-refractivity contribution in [1.29, 1.82) is 0 Å². The van der Waals surface area contributed by atoms with E-state index in [-0.39, 0.29) is 29.0 Å². The van der Waals surface area contributed by atoms with Crippen molar-refractivity contribution in [2.75, 3.05) is 10.7 Å². The molecule has 4 aromatic rings. The molecule has 2 amide bonds. The molecule has 1 fully saturated rings. The Morgan fingerprint density at radius 1 is 0.911 bits per heavy atom. The highest BCUT2D eigenvalue weighted by molar-refractivity contribution is 7.99. The van der Waals surface area contributed by atoms with Crippen molar-refractivity contribution in [3.63, 3.8) is 0 Å². The van der Waals surface area contributed by atoms with Crippen LogP contribution in [0.5, 0.6) is 0 Å². The van der Waals surface area contributed by atoms with Crippen LogP contribution >= 0.6 is 11.8 Å². The zero-order valence-electron chi connectivity index (χ0n) is 26.1. The van der Waals surface area contributed by atoms with Gasteiger partial charge in [-0.2, -0.15) is 0 Å². The molecule has 1 N–H and O–H groups in total. The Balaban J connectivity index is 1.43. The second-order valence-electron chi connectivity index (χ2n) is 12.5. The lowest BCUT2D eigenvalue weighted by atomic mass is 9.87. The monoisotopic (exact) mass is 631 g/mol. The number of nitrogens with zero attached hydrogens (tertiary/aromatic N) is 4. The van der Waals surface area contributed by atoms with E-state index in [0.29, 0.717) is 22.2 Å². The molecular formula is C35H39F2N5O2S. The number of carbonyl (C=O) groups excluding carboxylic acids is 2. The maximum absolute atomic E-state index is 14.1. The van der Waals surface area contributed by atoms with Crippen LogP contribution in [0.25, 0.3) is 11.4 Å². The van der Waals surface area contributed by atoms with Crippen LogP contribution in [0.1, 0.15) is 70.0 Å². The van der Waals surface area contributed by atoms with Crippen molar-refractivity contribution in [2.24, 2.45) is 7.05 Å². The number of benzene rings is 3. The lowest BCUT2D eigenvalue weighted by Crippen LogP contribution is -2.47. The minimum absolute atomic E-state index is 0.0109. The van der Waals surface area contributed by atoms with Gasteiger partial charge in [0.05, 0.1) is 5.75 Å². The Morgan fingerprint density at radius 3 is 2.11 bits per heavy atom. The molecule has 1 saturated carbocycles. The van der Waals surface area contributed by atoms with E-state index >= 15 is 0 Å². The van der Waals surface area contributed by atoms with Crippen molar-refractivity contribution >= 4 is 29.3 Å². The third kappa shape index (κ3) is 7.79. The Kier molecular flexibility index (Phi) is 10.0. The first-order chi connectivity index (χ1) is 21.5. The molecule has 0 radical (unpaired) electrons. The maximum Gasteiger partial charge on any atom is 0.248 e. The van der Waals surface area contributed by atoms with Crippen molar-refractivity contribution < 1.29 is 18.4 Å². The number of halogens is 2. The summed E-state index contributed by atoms with van der Waals surface area (Å²) in [5.41, 5.74) is 2.94. The van der Waals surface area contributed by atoms with Gasteiger partial charge in [0.25, 0.3) is 0 Å². The number of anilines is 1. The molecule has 1 heterocycles. The normalized spacial score (nSPS) is 14.6. The molecule has 1 aliphatic carbocycles. The van der Waals surface area contributed by atoms with Crippen LogP contribution in [0.4, 0.5) is 14.5 Å². The van der Waals surface area contributed by atoms with E-state index < -0.39 is 17.7 Å². The summed E-state index contributed by atoms with van der Waals surface area (Å²) in [4.78, 5) is 29.4. The topological polar surface area (TPSA) is 80.1 Å². The third-order valence-corrected chi connectivity index (χ3v) is 9.19. The van der Waals surface area contributed by atoms with E-state index in [0.717, 1.165) is 37.7 Å². The highest BCUT2D eigenvalue weighted by Crippen LogP contribution is 2.32. The molecule has 1 atom stereocenters. The van der Waals surface area contributed by atoms with Gasteiger partial charge in [0.15, 0.2) is 11.0 Å². The number of amides is 2. The van der Waals surface area contributed by atoms with E-state index in [1.54, 1.807) is 0 Å². The van der Waals surface area contributed by atoms with Crippen molar-refractivity contribution in [3.8, 4) is 11.4 Å². The fourth-order valence-electron chi connectivity index (χ4n) is 5.64. The average molecular weight is 632 g/mol. The number of hydrogen-bond donors (Lipinski definition) is 1. The highest BCUT2D eigenvalue weighted by Gasteiger charge is 2.34. The zero-order valence-corrected chi connectivity index (χ0v) is 26.9. The summed E-state index contributed by atoms with van der Waals surface area (Å²) in [7, 11) is 1.84. The van der Waals surface area contributed by atoms with Crippen LogP contribution in [0.3, 0.4) is 0 Å². The van der Waals surface area contributed by atoms with Gasteiger partial charge in [0.2, 0.25) is 11.8 Å². The van der Waals surface area contributed by atoms with E-state index in [1.807, 2.05) is 23.7 Å². The molecule has 0 saturated heterocycles. The van der Waals surface area contributed by atoms with Gasteiger partial charge in [0, 0.05) is 24.3 Å². The first-order valence-corrected chi connectivity index (χ1v) is 16.3. The van der Waals surface area contributed by atoms with E-state index in [2.05, 4.69) is 48.4 Å². The quantitative estimate of drug-likeness (QED) is 0.195. The summed E-state index contributed by atoms with van der Waals surface area (Å²) in [6.45, 7) is 6.47. The molecule has 7 nitrogen and oxygen atoms in total. The molecule has 3 aromatic carbocycles. The van der Waals surface area contributed by atoms with Crippen LogP contribution in [-0.4, -0.2) is 38.4 Å². The summed E-state index contributed by atoms with van der Waals surface area (Å²) in [6.07, 6.45) is 4.87. The van der Waals surface area contributed by atoms with Gasteiger partial charge in [-0.3, -0.25) is 14.5 Å². The average Bonchev–Trinajstić information content (AvgIpc) is 3.39. The Labute approximate surface area is 267 Å². The van der Waals surface area contributed by atoms with Gasteiger partial charge in [-0.25, -0.2) is 8.78 Å². The second kappa shape index (κ2) is 13.9. The minimum Gasteiger partial charge on any atom is -0.351 e. The van der Waals surface area contributed by atoms with Crippen LogP contribution in [0.15, 0.2) is 78.0 Å². The molecule has 1 aromatic heterocycles. The Bertz CT molecular complexity index is 1610. The fourth-order valence-corrected chi connectivity index (χ4v) is 6.41. The van der Waals surface area contributed by atoms with Crippen LogP contribution in [-0.2, 0) is 22.1 Å². The SMILES string of the molecule is Cn1c(SCC(=O)N(c2ccc(F)cc2)C(C(=O)NC2CCCCC2)c2ccc(F)cc2)nnc1-c1ccc(C(C)(C)C)cc1. The number of rotatable bonds is 9. The maximum atomic E-state index is 14.1. The van der Waals surface area contributed by atoms with Gasteiger partial charge in [0.1, 0.15) is 17.7 Å². The number of nitrogens with one attached hydrogen (secondary N) is 1. The fraction of sp³-hybridized carbons (Fsp3) is 0.371. The van der Waals surface area contributed by atoms with Crippen LogP contribution in [0.2, 0.25) is 0 Å². The summed E-state index contributed by atoms with van der Waals surface area (Å²) in [6, 6.07) is 18.1. The largest absolute Gasteiger partial charge is 0.351 e. The molecule has 0 spiro atoms. The second-order valence-corrected chi connectivity index (χ2v) is 13.5. The zero-order chi connectivity index (χ0) is 32.1. The first-order valence-electron chi connectivity index (χ1n) is 15.3. The molecule has 5 rings (SSSR count). The van der Waals surface area contributed by atoms with Crippen molar-refractivity contribution in [3.05, 3.63) is 95.6 Å². The van der Waals surface area contributed by atoms with E-state index in [4.69, 9.17) is 0 Å². The summed E-state index contributed by atoms with van der Waals surface area (Å²) in [5, 5.41) is 12.4. The molecule has 0 aliphatic heterocycles. The van der Waals surface area contributed by atoms with Crippen molar-refractivity contribution in [2.45, 2.75) is 75.5 Å². The van der Waals surface area contributed by atoms with E-state index in [1.165, 1.54) is 70.8 Å². The predicted octanol–water partition coefficient (Wildman–Crippen LogP) is 7.37. The number of thioether (sulfide) groups is 1. The van der Waals surface area contributed by atoms with Gasteiger partial charge in [-0.15, -0.1) is 10.2 Å². The van der Waals surface area contributed by atoms with Gasteiger partial charge in [-0.1, -0.05) is 88.2 Å². The molecule has 0 bridgehead atoms. The van der Waals surface area contributed by atoms with Gasteiger partial charge >= 0.3 is 0 Å². The first kappa shape index (κ1) is 32.3. The molecule has 1 unspecified atom stereocenters. The smallest absolute Gasteiger partial charge is 0.248 e. The molecule has 236 valence electrons. The Hall–Kier alpha value is -4.05. The van der Waals surface area contributed by atoms with Crippen LogP contribution < -0.4 is 10.2 Å². The summed E-state index contributed by atoms with van der Waals surface area (Å²) >= 11 is 1.20. The minimum atomic E-state index is -1.09. The lowest BCUT2D eigenvalue weighted by Gasteiger charge is -2.33. The van der Waals surface area contributed by atoms with Gasteiger partial charge in [-0.05, 0) is 65.8 Å². The van der Waals surface area contributed by atoms with Crippen molar-refractivity contribution in [1.82, 2.24) is 20.1 Å². The number of hydrogen-bond acceptors (Lipinski definition) is 5. The summed E-state index contributed by atoms with van der Waals surface area (Å²) in [5.74, 6) is -1.08. The highest BCUT2D eigenvalue weighted by atomic mass is 32.2. The Morgan fingerprint density at radius 2 is 1.51 bits per heavy atom. The van der Waals surface area contributed by atoms with Gasteiger partial charge < -0.3 is 9.88 Å². The van der Waals surface area contributed by atoms with E-state index in [9.17, 15) is 18.4 Å². The molecule has 10 heteroatoms. The standard InChI is InChI=1S/C35H39F2N5O2S/c1-35(2,3)25-14-10-24(11-15-25)32-39-40-34(41(32)4)45-22-30(43)42(29-20-18-27(37)19-21-29)31(23-12-16-26(36)17-13-23)33(44)38-28-8-6-5-7-9-28/h10-21,28,31H,5-9,22H2,1-4H3,(H,38,44). The summed E-state index contributed by atoms with van der Waals surface area (Å²) < 4.78 is 29.8. The molecule has 1 aliphatic rings.